The summed E-state index contributed by atoms with van der Waals surface area (Å²) in [5.41, 5.74) is 0. The van der Waals surface area contributed by atoms with Gasteiger partial charge in [-0.15, -0.1) is 0 Å². The Hall–Kier alpha value is -2.00. The summed E-state index contributed by atoms with van der Waals surface area (Å²) in [6.07, 6.45) is 3.81. The van der Waals surface area contributed by atoms with Gasteiger partial charge in [-0.05, 0) is 25.0 Å². The van der Waals surface area contributed by atoms with Gasteiger partial charge in [-0.2, -0.15) is 4.31 Å². The van der Waals surface area contributed by atoms with E-state index in [2.05, 4.69) is 4.98 Å². The average Bonchev–Trinajstić information content (AvgIpc) is 2.55. The molecule has 0 spiro atoms. The van der Waals surface area contributed by atoms with Crippen LogP contribution in [-0.2, 0) is 19.6 Å². The maximum atomic E-state index is 12.3. The van der Waals surface area contributed by atoms with Crippen LogP contribution in [0, 0.1) is 5.92 Å². The molecule has 2 heterocycles. The van der Waals surface area contributed by atoms with Gasteiger partial charge in [0.15, 0.2) is 0 Å². The van der Waals surface area contributed by atoms with E-state index in [0.717, 1.165) is 4.31 Å². The monoisotopic (exact) mass is 341 g/mol. The number of rotatable bonds is 5. The second kappa shape index (κ2) is 7.05. The lowest BCUT2D eigenvalue weighted by molar-refractivity contribution is -0.145. The number of carboxylic acid groups (broad SMARTS) is 1. The Morgan fingerprint density at radius 3 is 2.83 bits per heavy atom. The molecule has 0 radical (unpaired) electrons. The van der Waals surface area contributed by atoms with Gasteiger partial charge in [0.2, 0.25) is 15.9 Å². The third kappa shape index (κ3) is 4.05. The fourth-order valence-electron chi connectivity index (χ4n) is 2.46. The minimum atomic E-state index is -3.80. The van der Waals surface area contributed by atoms with Crippen LogP contribution >= 0.6 is 0 Å². The number of carbonyl (C=O) groups excluding carboxylic acids is 1. The molecule has 126 valence electrons. The molecule has 1 saturated heterocycles. The smallest absolute Gasteiger partial charge is 0.308 e. The Kier molecular flexibility index (Phi) is 5.32. The lowest BCUT2D eigenvalue weighted by Gasteiger charge is -2.31. The number of nitrogens with zero attached hydrogens (tertiary/aromatic N) is 3. The number of hydrogen-bond acceptors (Lipinski definition) is 5. The number of piperidine rings is 1. The number of aromatic nitrogens is 1. The van der Waals surface area contributed by atoms with Crippen molar-refractivity contribution in [1.29, 1.82) is 0 Å². The highest BCUT2D eigenvalue weighted by Crippen LogP contribution is 2.18. The van der Waals surface area contributed by atoms with E-state index in [1.807, 2.05) is 0 Å². The summed E-state index contributed by atoms with van der Waals surface area (Å²) in [6, 6.07) is 2.91. The summed E-state index contributed by atoms with van der Waals surface area (Å²) < 4.78 is 25.6. The van der Waals surface area contributed by atoms with Crippen molar-refractivity contribution in [3.63, 3.8) is 0 Å². The number of hydrogen-bond donors (Lipinski definition) is 1. The molecule has 1 N–H and O–H groups in total. The van der Waals surface area contributed by atoms with Gasteiger partial charge < -0.3 is 10.0 Å². The van der Waals surface area contributed by atoms with Crippen molar-refractivity contribution in [2.45, 2.75) is 17.7 Å². The van der Waals surface area contributed by atoms with E-state index in [0.29, 0.717) is 19.4 Å². The van der Waals surface area contributed by atoms with E-state index in [1.54, 1.807) is 0 Å². The number of sulfonamides is 1. The summed E-state index contributed by atoms with van der Waals surface area (Å²) in [4.78, 5) is 28.5. The SMILES string of the molecule is CN(CC(=O)N1CCCC(C(=O)O)C1)S(=O)(=O)c1cccnc1. The van der Waals surface area contributed by atoms with E-state index >= 15 is 0 Å². The third-order valence-electron chi connectivity index (χ3n) is 3.82. The zero-order valence-corrected chi connectivity index (χ0v) is 13.6. The molecule has 1 fully saturated rings. The quantitative estimate of drug-likeness (QED) is 0.809. The third-order valence-corrected chi connectivity index (χ3v) is 5.61. The summed E-state index contributed by atoms with van der Waals surface area (Å²) in [6.45, 7) is 0.238. The van der Waals surface area contributed by atoms with Crippen molar-refractivity contribution >= 4 is 21.9 Å². The summed E-state index contributed by atoms with van der Waals surface area (Å²) >= 11 is 0. The van der Waals surface area contributed by atoms with Crippen LogP contribution in [0.4, 0.5) is 0 Å². The van der Waals surface area contributed by atoms with Gasteiger partial charge in [0.25, 0.3) is 0 Å². The molecule has 0 bridgehead atoms. The molecule has 0 aromatic carbocycles. The highest BCUT2D eigenvalue weighted by Gasteiger charge is 2.30. The Labute approximate surface area is 134 Å². The molecule has 23 heavy (non-hydrogen) atoms. The Bertz CT molecular complexity index is 677. The maximum absolute atomic E-state index is 12.3. The molecule has 9 heteroatoms. The van der Waals surface area contributed by atoms with E-state index in [1.165, 1.54) is 36.5 Å². The number of carbonyl (C=O) groups is 2. The minimum Gasteiger partial charge on any atom is -0.481 e. The first-order valence-electron chi connectivity index (χ1n) is 7.19. The number of likely N-dealkylation sites (tertiary alicyclic amines) is 1. The first-order chi connectivity index (χ1) is 10.8. The summed E-state index contributed by atoms with van der Waals surface area (Å²) in [5, 5.41) is 9.05. The van der Waals surface area contributed by atoms with Gasteiger partial charge in [-0.3, -0.25) is 14.6 Å². The minimum absolute atomic E-state index is 0.0114. The Morgan fingerprint density at radius 1 is 1.48 bits per heavy atom. The van der Waals surface area contributed by atoms with Crippen molar-refractivity contribution in [2.75, 3.05) is 26.7 Å². The fraction of sp³-hybridized carbons (Fsp3) is 0.500. The van der Waals surface area contributed by atoms with Crippen molar-refractivity contribution in [3.8, 4) is 0 Å². The first kappa shape index (κ1) is 17.4. The second-order valence-electron chi connectivity index (χ2n) is 5.47. The summed E-state index contributed by atoms with van der Waals surface area (Å²) in [7, 11) is -2.48. The molecule has 8 nitrogen and oxygen atoms in total. The standard InChI is InChI=1S/C14H19N3O5S/c1-16(23(21,22)12-5-2-6-15-8-12)10-13(18)17-7-3-4-11(9-17)14(19)20/h2,5-6,8,11H,3-4,7,9-10H2,1H3,(H,19,20). The molecule has 1 amide bonds. The molecule has 1 unspecified atom stereocenters. The van der Waals surface area contributed by atoms with Crippen LogP contribution in [0.3, 0.4) is 0 Å². The highest BCUT2D eigenvalue weighted by molar-refractivity contribution is 7.89. The van der Waals surface area contributed by atoms with E-state index < -0.39 is 27.8 Å². The average molecular weight is 341 g/mol. The first-order valence-corrected chi connectivity index (χ1v) is 8.63. The predicted octanol–water partition coefficient (Wildman–Crippen LogP) is 0.0253. The number of likely N-dealkylation sites (N-methyl/N-ethyl adjacent to an activating group) is 1. The van der Waals surface area contributed by atoms with Crippen molar-refractivity contribution in [3.05, 3.63) is 24.5 Å². The zero-order chi connectivity index (χ0) is 17.0. The lowest BCUT2D eigenvalue weighted by Crippen LogP contribution is -2.46. The molecule has 0 aliphatic carbocycles. The van der Waals surface area contributed by atoms with E-state index in [4.69, 9.17) is 5.11 Å². The largest absolute Gasteiger partial charge is 0.481 e. The van der Waals surface area contributed by atoms with Gasteiger partial charge in [0.05, 0.1) is 12.5 Å². The van der Waals surface area contributed by atoms with Gasteiger partial charge in [0.1, 0.15) is 4.90 Å². The predicted molar refractivity (Wildman–Crippen MR) is 81.0 cm³/mol. The van der Waals surface area contributed by atoms with Crippen LogP contribution in [0.5, 0.6) is 0 Å². The maximum Gasteiger partial charge on any atom is 0.308 e. The number of carboxylic acids is 1. The number of pyridine rings is 1. The Balaban J connectivity index is 2.03. The van der Waals surface area contributed by atoms with Crippen molar-refractivity contribution in [2.24, 2.45) is 5.92 Å². The van der Waals surface area contributed by atoms with E-state index in [-0.39, 0.29) is 18.0 Å². The molecule has 2 rings (SSSR count). The van der Waals surface area contributed by atoms with Crippen LogP contribution in [0.1, 0.15) is 12.8 Å². The normalized spacial score (nSPS) is 18.9. The highest BCUT2D eigenvalue weighted by atomic mass is 32.2. The van der Waals surface area contributed by atoms with Gasteiger partial charge in [0, 0.05) is 32.5 Å². The molecule has 1 atom stereocenters. The van der Waals surface area contributed by atoms with Crippen LogP contribution in [0.15, 0.2) is 29.4 Å². The number of aliphatic carboxylic acids is 1. The molecule has 1 aromatic heterocycles. The molecule has 1 aromatic rings. The van der Waals surface area contributed by atoms with Gasteiger partial charge in [-0.25, -0.2) is 8.42 Å². The zero-order valence-electron chi connectivity index (χ0n) is 12.8. The lowest BCUT2D eigenvalue weighted by atomic mass is 9.98. The number of amides is 1. The van der Waals surface area contributed by atoms with Crippen LogP contribution in [0.2, 0.25) is 0 Å². The topological polar surface area (TPSA) is 108 Å². The second-order valence-corrected chi connectivity index (χ2v) is 7.51. The van der Waals surface area contributed by atoms with Crippen LogP contribution in [-0.4, -0.2) is 66.3 Å². The van der Waals surface area contributed by atoms with Crippen molar-refractivity contribution in [1.82, 2.24) is 14.2 Å². The van der Waals surface area contributed by atoms with E-state index in [9.17, 15) is 18.0 Å². The Morgan fingerprint density at radius 2 is 2.22 bits per heavy atom. The fourth-order valence-corrected chi connectivity index (χ4v) is 3.55. The van der Waals surface area contributed by atoms with Crippen LogP contribution < -0.4 is 0 Å². The summed E-state index contributed by atoms with van der Waals surface area (Å²) in [5.74, 6) is -1.92. The van der Waals surface area contributed by atoms with Crippen LogP contribution in [0.25, 0.3) is 0 Å². The van der Waals surface area contributed by atoms with Crippen molar-refractivity contribution < 1.29 is 23.1 Å². The van der Waals surface area contributed by atoms with Gasteiger partial charge in [-0.1, -0.05) is 0 Å². The molecule has 1 aliphatic rings. The molecular formula is C14H19N3O5S. The molecule has 1 aliphatic heterocycles. The van der Waals surface area contributed by atoms with Gasteiger partial charge >= 0.3 is 5.97 Å². The molecule has 0 saturated carbocycles. The molecular weight excluding hydrogens is 322 g/mol.